The highest BCUT2D eigenvalue weighted by molar-refractivity contribution is 5.65. The molecule has 0 amide bonds. The third-order valence-corrected chi connectivity index (χ3v) is 4.18. The van der Waals surface area contributed by atoms with E-state index in [0.29, 0.717) is 36.6 Å². The molecule has 0 bridgehead atoms. The van der Waals surface area contributed by atoms with Crippen molar-refractivity contribution in [3.8, 4) is 17.1 Å². The Kier molecular flexibility index (Phi) is 3.79. The molecule has 25 heavy (non-hydrogen) atoms. The fourth-order valence-corrected chi connectivity index (χ4v) is 2.89. The first-order valence-corrected chi connectivity index (χ1v) is 7.69. The van der Waals surface area contributed by atoms with Gasteiger partial charge in [-0.1, -0.05) is 5.16 Å². The largest absolute Gasteiger partial charge is 0.481 e. The maximum absolute atomic E-state index is 13.6. The average molecular weight is 344 g/mol. The highest BCUT2D eigenvalue weighted by Gasteiger charge is 2.26. The second-order valence-electron chi connectivity index (χ2n) is 5.65. The van der Waals surface area contributed by atoms with E-state index < -0.39 is 11.6 Å². The highest BCUT2D eigenvalue weighted by atomic mass is 19.2. The number of hydrogen-bond acceptors (Lipinski definition) is 6. The van der Waals surface area contributed by atoms with Gasteiger partial charge in [0.15, 0.2) is 11.6 Å². The Morgan fingerprint density at radius 3 is 2.84 bits per heavy atom. The van der Waals surface area contributed by atoms with Gasteiger partial charge >= 0.3 is 0 Å². The summed E-state index contributed by atoms with van der Waals surface area (Å²) in [5.41, 5.74) is 1.83. The van der Waals surface area contributed by atoms with Crippen LogP contribution in [-0.2, 0) is 13.0 Å². The number of ether oxygens (including phenoxy) is 1. The number of halogens is 2. The van der Waals surface area contributed by atoms with Crippen LogP contribution in [-0.4, -0.2) is 28.8 Å². The fraction of sp³-hybridized carbons (Fsp3) is 0.235. The first-order valence-electron chi connectivity index (χ1n) is 7.69. The molecule has 0 atom stereocenters. The summed E-state index contributed by atoms with van der Waals surface area (Å²) in [7, 11) is 1.54. The average Bonchev–Trinajstić information content (AvgIpc) is 3.07. The molecule has 0 N–H and O–H groups in total. The van der Waals surface area contributed by atoms with Gasteiger partial charge in [-0.05, 0) is 18.2 Å². The van der Waals surface area contributed by atoms with E-state index in [0.717, 1.165) is 29.3 Å². The summed E-state index contributed by atoms with van der Waals surface area (Å²) in [6.45, 7) is 1.19. The minimum Gasteiger partial charge on any atom is -0.481 e. The first kappa shape index (κ1) is 15.5. The van der Waals surface area contributed by atoms with Gasteiger partial charge in [0.05, 0.1) is 13.7 Å². The molecule has 0 unspecified atom stereocenters. The van der Waals surface area contributed by atoms with Crippen molar-refractivity contribution in [3.63, 3.8) is 0 Å². The molecule has 1 aliphatic heterocycles. The number of anilines is 1. The van der Waals surface area contributed by atoms with Crippen molar-refractivity contribution in [1.29, 1.82) is 0 Å². The fourth-order valence-electron chi connectivity index (χ4n) is 2.89. The number of hydrogen-bond donors (Lipinski definition) is 0. The number of methoxy groups -OCH3 is 1. The monoisotopic (exact) mass is 344 g/mol. The van der Waals surface area contributed by atoms with Gasteiger partial charge in [-0.25, -0.2) is 18.7 Å². The summed E-state index contributed by atoms with van der Waals surface area (Å²) in [6.07, 6.45) is 2.08. The summed E-state index contributed by atoms with van der Waals surface area (Å²) in [5, 5.41) is 4.05. The first-order chi connectivity index (χ1) is 12.2. The normalized spacial score (nSPS) is 13.6. The van der Waals surface area contributed by atoms with E-state index in [-0.39, 0.29) is 0 Å². The lowest BCUT2D eigenvalue weighted by Crippen LogP contribution is -2.30. The van der Waals surface area contributed by atoms with Crippen molar-refractivity contribution in [1.82, 2.24) is 15.1 Å². The molecule has 128 valence electrons. The minimum absolute atomic E-state index is 0.474. The smallest absolute Gasteiger partial charge is 0.218 e. The lowest BCUT2D eigenvalue weighted by molar-refractivity contribution is 0.378. The third-order valence-electron chi connectivity index (χ3n) is 4.18. The molecular weight excluding hydrogens is 330 g/mol. The van der Waals surface area contributed by atoms with Gasteiger partial charge in [0.25, 0.3) is 0 Å². The van der Waals surface area contributed by atoms with Crippen LogP contribution in [0.25, 0.3) is 11.3 Å². The molecule has 3 aromatic rings. The third kappa shape index (κ3) is 2.79. The van der Waals surface area contributed by atoms with Crippen LogP contribution in [0.1, 0.15) is 11.3 Å². The Bertz CT molecular complexity index is 929. The molecule has 4 rings (SSSR count). The van der Waals surface area contributed by atoms with E-state index >= 15 is 0 Å². The Hall–Kier alpha value is -3.03. The van der Waals surface area contributed by atoms with E-state index in [4.69, 9.17) is 9.26 Å². The zero-order valence-electron chi connectivity index (χ0n) is 13.4. The van der Waals surface area contributed by atoms with Crippen molar-refractivity contribution in [2.45, 2.75) is 13.0 Å². The number of nitrogens with zero attached hydrogens (tertiary/aromatic N) is 4. The number of aromatic nitrogens is 3. The van der Waals surface area contributed by atoms with Crippen molar-refractivity contribution < 1.29 is 18.0 Å². The van der Waals surface area contributed by atoms with Crippen molar-refractivity contribution in [2.75, 3.05) is 18.6 Å². The van der Waals surface area contributed by atoms with E-state index in [1.807, 2.05) is 4.90 Å². The van der Waals surface area contributed by atoms with Crippen LogP contribution in [0.2, 0.25) is 0 Å². The van der Waals surface area contributed by atoms with Crippen LogP contribution >= 0.6 is 0 Å². The lowest BCUT2D eigenvalue weighted by atomic mass is 10.0. The van der Waals surface area contributed by atoms with E-state index in [2.05, 4.69) is 15.1 Å². The summed E-state index contributed by atoms with van der Waals surface area (Å²) < 4.78 is 37.3. The summed E-state index contributed by atoms with van der Waals surface area (Å²) in [4.78, 5) is 10.3. The zero-order chi connectivity index (χ0) is 17.4. The molecule has 0 saturated carbocycles. The van der Waals surface area contributed by atoms with Crippen LogP contribution in [0.5, 0.6) is 5.88 Å². The van der Waals surface area contributed by atoms with Gasteiger partial charge in [-0.2, -0.15) is 0 Å². The van der Waals surface area contributed by atoms with E-state index in [1.165, 1.54) is 12.4 Å². The number of benzene rings is 1. The number of rotatable bonds is 3. The van der Waals surface area contributed by atoms with Gasteiger partial charge in [0, 0.05) is 30.2 Å². The van der Waals surface area contributed by atoms with Gasteiger partial charge in [0.2, 0.25) is 5.88 Å². The van der Waals surface area contributed by atoms with Crippen LogP contribution in [0.4, 0.5) is 14.6 Å². The SMILES string of the molecule is COc1cc(N2CCc3onc(-c4ccc(F)c(F)c4)c3C2)ncn1. The molecule has 1 aliphatic rings. The quantitative estimate of drug-likeness (QED) is 0.728. The van der Waals surface area contributed by atoms with Crippen LogP contribution in [0, 0.1) is 11.6 Å². The summed E-state index contributed by atoms with van der Waals surface area (Å²) in [6, 6.07) is 5.45. The second-order valence-corrected chi connectivity index (χ2v) is 5.65. The predicted octanol–water partition coefficient (Wildman–Crippen LogP) is 2.98. The molecule has 0 radical (unpaired) electrons. The molecule has 2 aromatic heterocycles. The molecular formula is C17H14F2N4O2. The predicted molar refractivity (Wildman–Crippen MR) is 85.2 cm³/mol. The molecule has 0 fully saturated rings. The van der Waals surface area contributed by atoms with Gasteiger partial charge in [-0.3, -0.25) is 0 Å². The Balaban J connectivity index is 1.68. The Morgan fingerprint density at radius 2 is 2.04 bits per heavy atom. The van der Waals surface area contributed by atoms with Gasteiger partial charge in [0.1, 0.15) is 23.6 Å². The molecule has 6 nitrogen and oxygen atoms in total. The Labute approximate surface area is 142 Å². The summed E-state index contributed by atoms with van der Waals surface area (Å²) >= 11 is 0. The van der Waals surface area contributed by atoms with Crippen molar-refractivity contribution in [2.24, 2.45) is 0 Å². The van der Waals surface area contributed by atoms with Gasteiger partial charge in [-0.15, -0.1) is 0 Å². The Morgan fingerprint density at radius 1 is 1.16 bits per heavy atom. The molecule has 3 heterocycles. The molecule has 8 heteroatoms. The van der Waals surface area contributed by atoms with E-state index in [9.17, 15) is 8.78 Å². The molecule has 0 saturated heterocycles. The maximum Gasteiger partial charge on any atom is 0.218 e. The molecule has 0 spiro atoms. The number of fused-ring (bicyclic) bond motifs is 1. The zero-order valence-corrected chi connectivity index (χ0v) is 13.4. The molecule has 0 aliphatic carbocycles. The highest BCUT2D eigenvalue weighted by Crippen LogP contribution is 2.32. The summed E-state index contributed by atoms with van der Waals surface area (Å²) in [5.74, 6) is 0.132. The van der Waals surface area contributed by atoms with Crippen LogP contribution in [0.15, 0.2) is 35.1 Å². The van der Waals surface area contributed by atoms with Crippen molar-refractivity contribution in [3.05, 3.63) is 53.6 Å². The topological polar surface area (TPSA) is 64.3 Å². The van der Waals surface area contributed by atoms with Crippen molar-refractivity contribution >= 4 is 5.82 Å². The van der Waals surface area contributed by atoms with Gasteiger partial charge < -0.3 is 14.2 Å². The van der Waals surface area contributed by atoms with Crippen LogP contribution < -0.4 is 9.64 Å². The minimum atomic E-state index is -0.914. The maximum atomic E-state index is 13.6. The van der Waals surface area contributed by atoms with Crippen LogP contribution in [0.3, 0.4) is 0 Å². The van der Waals surface area contributed by atoms with E-state index in [1.54, 1.807) is 13.2 Å². The lowest BCUT2D eigenvalue weighted by Gasteiger charge is -2.27. The second kappa shape index (κ2) is 6.12. The standard InChI is InChI=1S/C17H14F2N4O2/c1-24-16-7-15(20-9-21-16)23-5-4-14-11(8-23)17(22-25-14)10-2-3-12(18)13(19)6-10/h2-3,6-7,9H,4-5,8H2,1H3. The molecule has 1 aromatic carbocycles.